The second-order valence-corrected chi connectivity index (χ2v) is 9.10. The fourth-order valence-electron chi connectivity index (χ4n) is 4.18. The van der Waals surface area contributed by atoms with Crippen molar-refractivity contribution in [3.05, 3.63) is 29.8 Å². The number of hydrogen-bond donors (Lipinski definition) is 3. The zero-order valence-electron chi connectivity index (χ0n) is 19.4. The molecule has 1 aromatic carbocycles. The largest absolute Gasteiger partial charge is 0.368 e. The molecule has 31 heavy (non-hydrogen) atoms. The van der Waals surface area contributed by atoms with Crippen LogP contribution in [-0.2, 0) is 16.1 Å². The zero-order chi connectivity index (χ0) is 22.1. The van der Waals surface area contributed by atoms with Crippen molar-refractivity contribution in [1.29, 1.82) is 0 Å². The van der Waals surface area contributed by atoms with E-state index in [4.69, 9.17) is 9.73 Å². The van der Waals surface area contributed by atoms with E-state index in [1.54, 1.807) is 0 Å². The van der Waals surface area contributed by atoms with Gasteiger partial charge in [-0.3, -0.25) is 9.69 Å². The number of hydrogen-bond acceptors (Lipinski definition) is 4. The maximum Gasteiger partial charge on any atom is 0.253 e. The molecule has 3 N–H and O–H groups in total. The van der Waals surface area contributed by atoms with Crippen LogP contribution >= 0.6 is 0 Å². The summed E-state index contributed by atoms with van der Waals surface area (Å²) >= 11 is 0. The summed E-state index contributed by atoms with van der Waals surface area (Å²) in [4.78, 5) is 19.6. The second-order valence-electron chi connectivity index (χ2n) is 9.10. The average Bonchev–Trinajstić information content (AvgIpc) is 3.32. The van der Waals surface area contributed by atoms with Crippen molar-refractivity contribution in [2.24, 2.45) is 4.99 Å². The van der Waals surface area contributed by atoms with Gasteiger partial charge in [-0.2, -0.15) is 0 Å². The van der Waals surface area contributed by atoms with E-state index in [0.29, 0.717) is 13.2 Å². The van der Waals surface area contributed by atoms with E-state index in [2.05, 4.69) is 41.6 Å². The van der Waals surface area contributed by atoms with Crippen LogP contribution in [0.5, 0.6) is 0 Å². The lowest BCUT2D eigenvalue weighted by Crippen LogP contribution is -2.54. The predicted molar refractivity (Wildman–Crippen MR) is 126 cm³/mol. The van der Waals surface area contributed by atoms with E-state index < -0.39 is 0 Å². The van der Waals surface area contributed by atoms with Crippen molar-refractivity contribution in [3.8, 4) is 0 Å². The number of guanidine groups is 1. The summed E-state index contributed by atoms with van der Waals surface area (Å²) in [6, 6.07) is 7.88. The third-order valence-corrected chi connectivity index (χ3v) is 6.08. The first-order valence-electron chi connectivity index (χ1n) is 11.8. The molecule has 2 saturated heterocycles. The minimum absolute atomic E-state index is 0.0619. The number of ether oxygens (including phenoxy) is 1. The van der Waals surface area contributed by atoms with Gasteiger partial charge in [0.2, 0.25) is 0 Å². The third-order valence-electron chi connectivity index (χ3n) is 6.08. The third kappa shape index (κ3) is 7.21. The minimum atomic E-state index is -0.325. The standard InChI is InChI=1S/C24H39N5O2/c1-4-25-23(27-18-24(2,3)29-13-6-5-7-14-29)26-17-19-10-8-11-20(16-19)28-22(30)21-12-9-15-31-21/h8,10-11,16,21H,4-7,9,12-15,17-18H2,1-3H3,(H,28,30)(H2,25,26,27). The monoisotopic (exact) mass is 429 g/mol. The lowest BCUT2D eigenvalue weighted by molar-refractivity contribution is -0.124. The van der Waals surface area contributed by atoms with Crippen molar-refractivity contribution < 1.29 is 9.53 Å². The Morgan fingerprint density at radius 2 is 2.00 bits per heavy atom. The lowest BCUT2D eigenvalue weighted by Gasteiger charge is -2.41. The van der Waals surface area contributed by atoms with Crippen LogP contribution in [0.2, 0.25) is 0 Å². The minimum Gasteiger partial charge on any atom is -0.368 e. The molecule has 2 heterocycles. The molecule has 0 radical (unpaired) electrons. The normalized spacial score (nSPS) is 20.5. The highest BCUT2D eigenvalue weighted by atomic mass is 16.5. The number of aliphatic imine (C=N–C) groups is 1. The van der Waals surface area contributed by atoms with Gasteiger partial charge in [-0.1, -0.05) is 18.6 Å². The average molecular weight is 430 g/mol. The van der Waals surface area contributed by atoms with Crippen LogP contribution in [-0.4, -0.2) is 61.2 Å². The van der Waals surface area contributed by atoms with Crippen LogP contribution in [0.25, 0.3) is 0 Å². The summed E-state index contributed by atoms with van der Waals surface area (Å²) in [6.07, 6.45) is 5.34. The second kappa shape index (κ2) is 11.5. The Hall–Kier alpha value is -2.12. The highest BCUT2D eigenvalue weighted by Gasteiger charge is 2.28. The molecule has 172 valence electrons. The molecule has 1 atom stereocenters. The van der Waals surface area contributed by atoms with Crippen LogP contribution in [0.15, 0.2) is 29.3 Å². The summed E-state index contributed by atoms with van der Waals surface area (Å²) in [5.74, 6) is 0.759. The smallest absolute Gasteiger partial charge is 0.253 e. The van der Waals surface area contributed by atoms with Crippen LogP contribution in [0.1, 0.15) is 58.4 Å². The number of nitrogens with one attached hydrogen (secondary N) is 3. The number of likely N-dealkylation sites (tertiary alicyclic amines) is 1. The molecule has 1 amide bonds. The van der Waals surface area contributed by atoms with Gasteiger partial charge in [0.15, 0.2) is 5.96 Å². The van der Waals surface area contributed by atoms with Crippen molar-refractivity contribution in [2.75, 3.05) is 38.1 Å². The maximum atomic E-state index is 12.3. The van der Waals surface area contributed by atoms with E-state index in [0.717, 1.165) is 43.1 Å². The van der Waals surface area contributed by atoms with Crippen molar-refractivity contribution in [1.82, 2.24) is 15.5 Å². The van der Waals surface area contributed by atoms with Gasteiger partial charge in [-0.15, -0.1) is 0 Å². The van der Waals surface area contributed by atoms with Gasteiger partial charge < -0.3 is 20.7 Å². The fraction of sp³-hybridized carbons (Fsp3) is 0.667. The Morgan fingerprint density at radius 3 is 2.71 bits per heavy atom. The van der Waals surface area contributed by atoms with E-state index in [9.17, 15) is 4.79 Å². The van der Waals surface area contributed by atoms with Gasteiger partial charge in [0.1, 0.15) is 6.10 Å². The van der Waals surface area contributed by atoms with Gasteiger partial charge in [-0.05, 0) is 77.2 Å². The first-order valence-corrected chi connectivity index (χ1v) is 11.8. The lowest BCUT2D eigenvalue weighted by atomic mass is 9.98. The van der Waals surface area contributed by atoms with E-state index in [1.807, 2.05) is 24.3 Å². The Bertz CT molecular complexity index is 737. The van der Waals surface area contributed by atoms with Crippen LogP contribution < -0.4 is 16.0 Å². The molecule has 7 nitrogen and oxygen atoms in total. The van der Waals surface area contributed by atoms with Gasteiger partial charge in [0.25, 0.3) is 5.91 Å². The maximum absolute atomic E-state index is 12.3. The zero-order valence-corrected chi connectivity index (χ0v) is 19.4. The molecule has 2 aliphatic rings. The van der Waals surface area contributed by atoms with E-state index in [1.165, 1.54) is 32.4 Å². The number of piperidine rings is 1. The van der Waals surface area contributed by atoms with Gasteiger partial charge in [0.05, 0.1) is 6.54 Å². The number of amides is 1. The molecule has 0 bridgehead atoms. The molecule has 2 fully saturated rings. The van der Waals surface area contributed by atoms with Crippen molar-refractivity contribution in [2.45, 2.75) is 71.1 Å². The summed E-state index contributed by atoms with van der Waals surface area (Å²) in [7, 11) is 0. The molecule has 2 aliphatic heterocycles. The number of carbonyl (C=O) groups is 1. The molecule has 1 aromatic rings. The molecular weight excluding hydrogens is 390 g/mol. The summed E-state index contributed by atoms with van der Waals surface area (Å²) in [6.45, 7) is 11.9. The fourth-order valence-corrected chi connectivity index (χ4v) is 4.18. The van der Waals surface area contributed by atoms with E-state index in [-0.39, 0.29) is 17.6 Å². The summed E-state index contributed by atoms with van der Waals surface area (Å²) < 4.78 is 5.47. The summed E-state index contributed by atoms with van der Waals surface area (Å²) in [5.41, 5.74) is 1.93. The Kier molecular flexibility index (Phi) is 8.72. The molecule has 1 unspecified atom stereocenters. The van der Waals surface area contributed by atoms with Crippen LogP contribution in [0.4, 0.5) is 5.69 Å². The van der Waals surface area contributed by atoms with Crippen LogP contribution in [0, 0.1) is 0 Å². The van der Waals surface area contributed by atoms with Crippen molar-refractivity contribution in [3.63, 3.8) is 0 Å². The molecule has 0 aliphatic carbocycles. The molecule has 7 heteroatoms. The Morgan fingerprint density at radius 1 is 1.19 bits per heavy atom. The van der Waals surface area contributed by atoms with E-state index >= 15 is 0 Å². The highest BCUT2D eigenvalue weighted by Crippen LogP contribution is 2.20. The first kappa shape index (κ1) is 23.5. The van der Waals surface area contributed by atoms with Crippen LogP contribution in [0.3, 0.4) is 0 Å². The van der Waals surface area contributed by atoms with Gasteiger partial charge in [-0.25, -0.2) is 4.99 Å². The number of benzene rings is 1. The Balaban J connectivity index is 1.56. The predicted octanol–water partition coefficient (Wildman–Crippen LogP) is 3.12. The summed E-state index contributed by atoms with van der Waals surface area (Å²) in [5, 5.41) is 9.84. The Labute approximate surface area is 187 Å². The highest BCUT2D eigenvalue weighted by molar-refractivity contribution is 5.94. The van der Waals surface area contributed by atoms with Gasteiger partial charge in [0, 0.05) is 30.9 Å². The molecule has 0 spiro atoms. The number of rotatable bonds is 8. The molecule has 0 saturated carbocycles. The quantitative estimate of drug-likeness (QED) is 0.437. The SMILES string of the molecule is CCNC(=NCc1cccc(NC(=O)C2CCCO2)c1)NCC(C)(C)N1CCCCC1. The number of anilines is 1. The first-order chi connectivity index (χ1) is 15.0. The molecule has 0 aromatic heterocycles. The number of carbonyl (C=O) groups excluding carboxylic acids is 1. The molecule has 3 rings (SSSR count). The molecular formula is C24H39N5O2. The van der Waals surface area contributed by atoms with Gasteiger partial charge >= 0.3 is 0 Å². The number of nitrogens with zero attached hydrogens (tertiary/aromatic N) is 2. The van der Waals surface area contributed by atoms with Crippen molar-refractivity contribution >= 4 is 17.6 Å². The topological polar surface area (TPSA) is 78.0 Å².